The van der Waals surface area contributed by atoms with Crippen molar-refractivity contribution in [2.45, 2.75) is 0 Å². The molecule has 0 bridgehead atoms. The molecule has 7 rings (SSSR count). The van der Waals surface area contributed by atoms with E-state index in [1.165, 1.54) is 43.8 Å². The summed E-state index contributed by atoms with van der Waals surface area (Å²) in [5, 5.41) is 4.81. The van der Waals surface area contributed by atoms with E-state index >= 15 is 0 Å². The fourth-order valence-electron chi connectivity index (χ4n) is 5.58. The van der Waals surface area contributed by atoms with Crippen LogP contribution >= 0.6 is 0 Å². The first-order valence-corrected chi connectivity index (χ1v) is 13.2. The van der Waals surface area contributed by atoms with Gasteiger partial charge in [0.1, 0.15) is 5.82 Å². The summed E-state index contributed by atoms with van der Waals surface area (Å²) in [6.45, 7) is 0. The average Bonchev–Trinajstić information content (AvgIpc) is 3.02. The van der Waals surface area contributed by atoms with Gasteiger partial charge in [-0.3, -0.25) is 4.90 Å². The smallest absolute Gasteiger partial charge is 0.137 e. The standard InChI is InChI=1S/C37H26N2/c1-3-14-27(15-4-1)29-18-13-19-30(26-29)39(35-24-11-12-25-38-35)37-33-22-9-7-20-31(33)36(28-16-5-2-6-17-28)32-21-8-10-23-34(32)37/h1-26H. The SMILES string of the molecule is c1ccc(-c2cccc(N(c3ccccn3)c3c4ccccc4c(-c4ccccc4)c4ccccc34)c2)cc1. The van der Waals surface area contributed by atoms with Gasteiger partial charge in [-0.05, 0) is 57.3 Å². The highest BCUT2D eigenvalue weighted by Crippen LogP contribution is 2.47. The monoisotopic (exact) mass is 498 g/mol. The van der Waals surface area contributed by atoms with Crippen molar-refractivity contribution in [1.29, 1.82) is 0 Å². The highest BCUT2D eigenvalue weighted by molar-refractivity contribution is 6.22. The number of benzene rings is 6. The molecule has 0 unspecified atom stereocenters. The Balaban J connectivity index is 1.58. The van der Waals surface area contributed by atoms with E-state index in [-0.39, 0.29) is 0 Å². The van der Waals surface area contributed by atoms with Crippen LogP contribution in [-0.2, 0) is 0 Å². The lowest BCUT2D eigenvalue weighted by Gasteiger charge is -2.29. The lowest BCUT2D eigenvalue weighted by atomic mass is 9.90. The maximum absolute atomic E-state index is 4.85. The molecule has 0 fully saturated rings. The minimum atomic E-state index is 0.880. The Bertz CT molecular complexity index is 1840. The first-order chi connectivity index (χ1) is 19.4. The molecule has 39 heavy (non-hydrogen) atoms. The Hall–Kier alpha value is -5.21. The molecule has 0 aliphatic carbocycles. The molecule has 0 spiro atoms. The molecule has 7 aromatic rings. The molecule has 0 radical (unpaired) electrons. The minimum Gasteiger partial charge on any atom is -0.294 e. The van der Waals surface area contributed by atoms with Gasteiger partial charge in [0.15, 0.2) is 0 Å². The molecule has 1 heterocycles. The number of rotatable bonds is 5. The van der Waals surface area contributed by atoms with Crippen LogP contribution in [0.25, 0.3) is 43.8 Å². The summed E-state index contributed by atoms with van der Waals surface area (Å²) in [7, 11) is 0. The molecule has 184 valence electrons. The average molecular weight is 499 g/mol. The predicted octanol–water partition coefficient (Wildman–Crippen LogP) is 10.2. The van der Waals surface area contributed by atoms with Crippen LogP contribution in [-0.4, -0.2) is 4.98 Å². The van der Waals surface area contributed by atoms with Crippen molar-refractivity contribution in [3.63, 3.8) is 0 Å². The van der Waals surface area contributed by atoms with Crippen molar-refractivity contribution >= 4 is 38.7 Å². The summed E-state index contributed by atoms with van der Waals surface area (Å²) in [4.78, 5) is 7.17. The van der Waals surface area contributed by atoms with Crippen LogP contribution in [0.4, 0.5) is 17.2 Å². The van der Waals surface area contributed by atoms with Gasteiger partial charge in [0.2, 0.25) is 0 Å². The van der Waals surface area contributed by atoms with E-state index in [1.807, 2.05) is 12.3 Å². The van der Waals surface area contributed by atoms with Crippen molar-refractivity contribution in [2.75, 3.05) is 4.90 Å². The number of anilines is 3. The highest BCUT2D eigenvalue weighted by atomic mass is 15.2. The Morgan fingerprint density at radius 2 is 0.949 bits per heavy atom. The van der Waals surface area contributed by atoms with Crippen LogP contribution in [0.15, 0.2) is 158 Å². The Kier molecular flexibility index (Phi) is 5.84. The molecular weight excluding hydrogens is 472 g/mol. The molecule has 0 saturated carbocycles. The first-order valence-electron chi connectivity index (χ1n) is 13.2. The van der Waals surface area contributed by atoms with E-state index < -0.39 is 0 Å². The Morgan fingerprint density at radius 3 is 1.56 bits per heavy atom. The molecule has 0 aliphatic rings. The van der Waals surface area contributed by atoms with Gasteiger partial charge in [0, 0.05) is 22.7 Å². The molecule has 2 nitrogen and oxygen atoms in total. The van der Waals surface area contributed by atoms with Crippen molar-refractivity contribution in [2.24, 2.45) is 0 Å². The quantitative estimate of drug-likeness (QED) is 0.219. The van der Waals surface area contributed by atoms with Gasteiger partial charge in [0.05, 0.1) is 5.69 Å². The van der Waals surface area contributed by atoms with Crippen LogP contribution in [0, 0.1) is 0 Å². The van der Waals surface area contributed by atoms with Crippen LogP contribution in [0.5, 0.6) is 0 Å². The number of hydrogen-bond acceptors (Lipinski definition) is 2. The van der Waals surface area contributed by atoms with E-state index in [0.717, 1.165) is 17.2 Å². The molecule has 1 aromatic heterocycles. The van der Waals surface area contributed by atoms with Crippen LogP contribution < -0.4 is 4.90 Å². The third-order valence-corrected chi connectivity index (χ3v) is 7.28. The summed E-state index contributed by atoms with van der Waals surface area (Å²) in [6.07, 6.45) is 1.87. The van der Waals surface area contributed by atoms with Crippen molar-refractivity contribution in [1.82, 2.24) is 4.98 Å². The zero-order valence-electron chi connectivity index (χ0n) is 21.4. The number of hydrogen-bond donors (Lipinski definition) is 0. The zero-order valence-corrected chi connectivity index (χ0v) is 21.4. The molecular formula is C37H26N2. The number of fused-ring (bicyclic) bond motifs is 2. The van der Waals surface area contributed by atoms with Crippen molar-refractivity contribution in [3.05, 3.63) is 158 Å². The molecule has 0 saturated heterocycles. The normalized spacial score (nSPS) is 11.1. The van der Waals surface area contributed by atoms with Gasteiger partial charge in [-0.2, -0.15) is 0 Å². The number of aromatic nitrogens is 1. The zero-order chi connectivity index (χ0) is 26.0. The second-order valence-electron chi connectivity index (χ2n) is 9.62. The highest BCUT2D eigenvalue weighted by Gasteiger charge is 2.22. The third-order valence-electron chi connectivity index (χ3n) is 7.28. The maximum atomic E-state index is 4.85. The van der Waals surface area contributed by atoms with Gasteiger partial charge < -0.3 is 0 Å². The molecule has 2 heteroatoms. The topological polar surface area (TPSA) is 16.1 Å². The van der Waals surface area contributed by atoms with Crippen LogP contribution in [0.1, 0.15) is 0 Å². The third kappa shape index (κ3) is 4.13. The lowest BCUT2D eigenvalue weighted by Crippen LogP contribution is -2.13. The summed E-state index contributed by atoms with van der Waals surface area (Å²) in [5.41, 5.74) is 7.03. The second kappa shape index (κ2) is 9.92. The van der Waals surface area contributed by atoms with Crippen LogP contribution in [0.3, 0.4) is 0 Å². The lowest BCUT2D eigenvalue weighted by molar-refractivity contribution is 1.19. The minimum absolute atomic E-state index is 0.880. The summed E-state index contributed by atoms with van der Waals surface area (Å²) in [5.74, 6) is 0.880. The second-order valence-corrected chi connectivity index (χ2v) is 9.62. The largest absolute Gasteiger partial charge is 0.294 e. The fraction of sp³-hybridized carbons (Fsp3) is 0. The fourth-order valence-corrected chi connectivity index (χ4v) is 5.58. The van der Waals surface area contributed by atoms with Crippen molar-refractivity contribution < 1.29 is 0 Å². The molecule has 0 aliphatic heterocycles. The predicted molar refractivity (Wildman–Crippen MR) is 165 cm³/mol. The van der Waals surface area contributed by atoms with Gasteiger partial charge in [-0.25, -0.2) is 4.98 Å². The Morgan fingerprint density at radius 1 is 0.410 bits per heavy atom. The molecule has 0 atom stereocenters. The van der Waals surface area contributed by atoms with E-state index in [4.69, 9.17) is 4.98 Å². The van der Waals surface area contributed by atoms with Gasteiger partial charge in [-0.1, -0.05) is 127 Å². The summed E-state index contributed by atoms with van der Waals surface area (Å²) >= 11 is 0. The van der Waals surface area contributed by atoms with E-state index in [2.05, 4.69) is 150 Å². The number of nitrogens with zero attached hydrogens (tertiary/aromatic N) is 2. The van der Waals surface area contributed by atoms with E-state index in [1.54, 1.807) is 0 Å². The maximum Gasteiger partial charge on any atom is 0.137 e. The van der Waals surface area contributed by atoms with Crippen LogP contribution in [0.2, 0.25) is 0 Å². The Labute approximate surface area is 228 Å². The summed E-state index contributed by atoms with van der Waals surface area (Å²) < 4.78 is 0. The summed E-state index contributed by atoms with van der Waals surface area (Å²) in [6, 6.07) is 53.6. The van der Waals surface area contributed by atoms with Gasteiger partial charge in [0.25, 0.3) is 0 Å². The van der Waals surface area contributed by atoms with E-state index in [9.17, 15) is 0 Å². The molecule has 0 N–H and O–H groups in total. The first kappa shape index (κ1) is 22.9. The van der Waals surface area contributed by atoms with Crippen molar-refractivity contribution in [3.8, 4) is 22.3 Å². The van der Waals surface area contributed by atoms with Gasteiger partial charge >= 0.3 is 0 Å². The molecule has 0 amide bonds. The van der Waals surface area contributed by atoms with E-state index in [0.29, 0.717) is 0 Å². The van der Waals surface area contributed by atoms with Gasteiger partial charge in [-0.15, -0.1) is 0 Å². The molecule has 6 aromatic carbocycles. The number of pyridine rings is 1.